The van der Waals surface area contributed by atoms with Gasteiger partial charge in [-0.2, -0.15) is 0 Å². The number of halogens is 1. The predicted octanol–water partition coefficient (Wildman–Crippen LogP) is 4.43. The minimum Gasteiger partial charge on any atom is -0.486 e. The highest BCUT2D eigenvalue weighted by Crippen LogP contribution is 2.34. The summed E-state index contributed by atoms with van der Waals surface area (Å²) < 4.78 is 53.9. The largest absolute Gasteiger partial charge is 0.486 e. The Morgan fingerprint density at radius 1 is 0.976 bits per heavy atom. The summed E-state index contributed by atoms with van der Waals surface area (Å²) in [6, 6.07) is 15.6. The second-order valence-corrected chi connectivity index (χ2v) is 12.2. The molecule has 0 aromatic heterocycles. The van der Waals surface area contributed by atoms with Crippen LogP contribution in [0.25, 0.3) is 0 Å². The van der Waals surface area contributed by atoms with Gasteiger partial charge in [-0.1, -0.05) is 36.8 Å². The topological polar surface area (TPSA) is 105 Å². The molecule has 0 unspecified atom stereocenters. The first-order valence-corrected chi connectivity index (χ1v) is 15.3. The van der Waals surface area contributed by atoms with Gasteiger partial charge in [0.2, 0.25) is 11.8 Å². The quantitative estimate of drug-likeness (QED) is 0.351. The van der Waals surface area contributed by atoms with Gasteiger partial charge < -0.3 is 19.7 Å². The van der Waals surface area contributed by atoms with Crippen LogP contribution in [-0.2, 0) is 26.2 Å². The number of nitrogens with one attached hydrogen (secondary N) is 1. The van der Waals surface area contributed by atoms with E-state index in [-0.39, 0.29) is 41.4 Å². The van der Waals surface area contributed by atoms with Gasteiger partial charge in [0, 0.05) is 18.7 Å². The number of rotatable bonds is 11. The molecule has 0 saturated heterocycles. The number of ether oxygens (including phenoxy) is 2. The lowest BCUT2D eigenvalue weighted by atomic mass is 10.1. The maximum atomic E-state index is 14.0. The van der Waals surface area contributed by atoms with Crippen LogP contribution < -0.4 is 19.1 Å². The number of sulfonamides is 1. The maximum Gasteiger partial charge on any atom is 0.264 e. The number of hydrogen-bond acceptors (Lipinski definition) is 6. The molecule has 0 saturated carbocycles. The smallest absolute Gasteiger partial charge is 0.264 e. The van der Waals surface area contributed by atoms with E-state index in [0.29, 0.717) is 18.8 Å². The fourth-order valence-corrected chi connectivity index (χ4v) is 5.93. The van der Waals surface area contributed by atoms with Crippen molar-refractivity contribution in [2.45, 2.75) is 57.6 Å². The monoisotopic (exact) mass is 597 g/mol. The van der Waals surface area contributed by atoms with Crippen molar-refractivity contribution in [3.05, 3.63) is 83.7 Å². The number of nitrogens with zero attached hydrogens (tertiary/aromatic N) is 2. The normalized spacial score (nSPS) is 14.0. The Labute approximate surface area is 246 Å². The summed E-state index contributed by atoms with van der Waals surface area (Å²) in [7, 11) is -4.35. The van der Waals surface area contributed by atoms with Crippen molar-refractivity contribution in [1.82, 2.24) is 10.2 Å². The molecule has 224 valence electrons. The number of fused-ring (bicyclic) bond motifs is 1. The minimum atomic E-state index is -4.35. The highest BCUT2D eigenvalue weighted by Gasteiger charge is 2.33. The SMILES string of the molecule is CC[C@H](C)NC(=O)[C@@H](C)N(Cc1cccc(C)c1)C(=O)CN(c1ccc(F)cc1)S(=O)(=O)c1ccc2c(c1)OCCO2. The zero-order chi connectivity index (χ0) is 30.4. The Morgan fingerprint density at radius 3 is 2.33 bits per heavy atom. The molecule has 11 heteroatoms. The summed E-state index contributed by atoms with van der Waals surface area (Å²) in [5, 5.41) is 2.91. The molecule has 0 fully saturated rings. The molecule has 1 N–H and O–H groups in total. The first kappa shape index (κ1) is 30.8. The van der Waals surface area contributed by atoms with E-state index < -0.39 is 34.3 Å². The van der Waals surface area contributed by atoms with E-state index in [4.69, 9.17) is 9.47 Å². The molecular weight excluding hydrogens is 561 g/mol. The molecule has 3 aromatic rings. The van der Waals surface area contributed by atoms with Crippen molar-refractivity contribution in [3.63, 3.8) is 0 Å². The summed E-state index contributed by atoms with van der Waals surface area (Å²) in [4.78, 5) is 28.4. The highest BCUT2D eigenvalue weighted by molar-refractivity contribution is 7.92. The molecule has 1 aliphatic rings. The average molecular weight is 598 g/mol. The Hall–Kier alpha value is -4.12. The lowest BCUT2D eigenvalue weighted by Crippen LogP contribution is -2.52. The fraction of sp³-hybridized carbons (Fsp3) is 0.355. The van der Waals surface area contributed by atoms with E-state index in [1.54, 1.807) is 6.92 Å². The van der Waals surface area contributed by atoms with Crippen LogP contribution in [0.1, 0.15) is 38.3 Å². The van der Waals surface area contributed by atoms with Crippen LogP contribution in [0.5, 0.6) is 11.5 Å². The third-order valence-electron chi connectivity index (χ3n) is 7.10. The van der Waals surface area contributed by atoms with E-state index >= 15 is 0 Å². The van der Waals surface area contributed by atoms with Gasteiger partial charge in [-0.25, -0.2) is 12.8 Å². The van der Waals surface area contributed by atoms with Gasteiger partial charge in [0.25, 0.3) is 10.0 Å². The number of benzene rings is 3. The van der Waals surface area contributed by atoms with Gasteiger partial charge in [0.15, 0.2) is 11.5 Å². The van der Waals surface area contributed by atoms with Crippen LogP contribution in [0, 0.1) is 12.7 Å². The van der Waals surface area contributed by atoms with Gasteiger partial charge in [0.05, 0.1) is 10.6 Å². The molecule has 0 aliphatic carbocycles. The van der Waals surface area contributed by atoms with Gasteiger partial charge in [-0.3, -0.25) is 13.9 Å². The molecule has 0 radical (unpaired) electrons. The van der Waals surface area contributed by atoms with Gasteiger partial charge in [0.1, 0.15) is 31.6 Å². The molecule has 42 heavy (non-hydrogen) atoms. The van der Waals surface area contributed by atoms with Crippen molar-refractivity contribution >= 4 is 27.5 Å². The summed E-state index contributed by atoms with van der Waals surface area (Å²) in [5.41, 5.74) is 1.85. The number of carbonyl (C=O) groups is 2. The number of carbonyl (C=O) groups excluding carboxylic acids is 2. The van der Waals surface area contributed by atoms with Crippen molar-refractivity contribution in [1.29, 1.82) is 0 Å². The second kappa shape index (κ2) is 13.2. The second-order valence-electron chi connectivity index (χ2n) is 10.3. The number of amides is 2. The molecule has 2 atom stereocenters. The van der Waals surface area contributed by atoms with Crippen LogP contribution in [0.15, 0.2) is 71.6 Å². The molecule has 0 spiro atoms. The summed E-state index contributed by atoms with van der Waals surface area (Å²) in [6.45, 7) is 7.40. The highest BCUT2D eigenvalue weighted by atomic mass is 32.2. The molecule has 1 heterocycles. The first-order valence-electron chi connectivity index (χ1n) is 13.8. The van der Waals surface area contributed by atoms with E-state index in [9.17, 15) is 22.4 Å². The van der Waals surface area contributed by atoms with Crippen molar-refractivity contribution in [2.24, 2.45) is 0 Å². The van der Waals surface area contributed by atoms with Crippen LogP contribution in [-0.4, -0.2) is 57.0 Å². The Bertz CT molecular complexity index is 1530. The summed E-state index contributed by atoms with van der Waals surface area (Å²) >= 11 is 0. The van der Waals surface area contributed by atoms with E-state index in [0.717, 1.165) is 27.6 Å². The van der Waals surface area contributed by atoms with Crippen LogP contribution in [0.2, 0.25) is 0 Å². The average Bonchev–Trinajstić information content (AvgIpc) is 2.98. The fourth-order valence-electron chi connectivity index (χ4n) is 4.50. The predicted molar refractivity (Wildman–Crippen MR) is 157 cm³/mol. The summed E-state index contributed by atoms with van der Waals surface area (Å²) in [6.07, 6.45) is 0.705. The molecular formula is C31H36FN3O6S. The van der Waals surface area contributed by atoms with Gasteiger partial charge in [-0.15, -0.1) is 0 Å². The molecule has 3 aromatic carbocycles. The number of aryl methyl sites for hydroxylation is 1. The zero-order valence-corrected chi connectivity index (χ0v) is 25.0. The van der Waals surface area contributed by atoms with Crippen LogP contribution in [0.4, 0.5) is 10.1 Å². The lowest BCUT2D eigenvalue weighted by molar-refractivity contribution is -0.139. The van der Waals surface area contributed by atoms with Crippen molar-refractivity contribution in [3.8, 4) is 11.5 Å². The van der Waals surface area contributed by atoms with Crippen LogP contribution in [0.3, 0.4) is 0 Å². The van der Waals surface area contributed by atoms with E-state index in [2.05, 4.69) is 5.32 Å². The zero-order valence-electron chi connectivity index (χ0n) is 24.2. The number of hydrogen-bond donors (Lipinski definition) is 1. The standard InChI is InChI=1S/C31H36FN3O6S/c1-5-22(3)33-31(37)23(4)34(19-24-8-6-7-21(2)17-24)30(36)20-35(26-11-9-25(32)10-12-26)42(38,39)27-13-14-28-29(18-27)41-16-15-40-28/h6-14,17-18,22-23H,5,15-16,19-20H2,1-4H3,(H,33,37)/t22-,23+/m0/s1. The Morgan fingerprint density at radius 2 is 1.67 bits per heavy atom. The molecule has 2 amide bonds. The van der Waals surface area contributed by atoms with Crippen molar-refractivity contribution < 1.29 is 31.9 Å². The van der Waals surface area contributed by atoms with E-state index in [1.165, 1.54) is 35.2 Å². The lowest BCUT2D eigenvalue weighted by Gasteiger charge is -2.32. The molecule has 4 rings (SSSR count). The Balaban J connectivity index is 1.72. The minimum absolute atomic E-state index is 0.0803. The van der Waals surface area contributed by atoms with Crippen molar-refractivity contribution in [2.75, 3.05) is 24.1 Å². The third kappa shape index (κ3) is 7.20. The maximum absolute atomic E-state index is 14.0. The molecule has 9 nitrogen and oxygen atoms in total. The molecule has 1 aliphatic heterocycles. The van der Waals surface area contributed by atoms with Gasteiger partial charge >= 0.3 is 0 Å². The van der Waals surface area contributed by atoms with E-state index in [1.807, 2.05) is 45.0 Å². The van der Waals surface area contributed by atoms with Gasteiger partial charge in [-0.05, 0) is 69.2 Å². The summed E-state index contributed by atoms with van der Waals surface area (Å²) in [5.74, 6) is -0.834. The third-order valence-corrected chi connectivity index (χ3v) is 8.87. The number of anilines is 1. The Kier molecular flexibility index (Phi) is 9.72. The first-order chi connectivity index (χ1) is 20.0. The van der Waals surface area contributed by atoms with Crippen LogP contribution >= 0.6 is 0 Å². The molecule has 0 bridgehead atoms.